The predicted octanol–water partition coefficient (Wildman–Crippen LogP) is -2.48. The third-order valence-corrected chi connectivity index (χ3v) is 7.08. The highest BCUT2D eigenvalue weighted by atomic mass is 16.5. The highest BCUT2D eigenvalue weighted by molar-refractivity contribution is 6.13. The molecule has 1 fully saturated rings. The Bertz CT molecular complexity index is 1240. The fourth-order valence-corrected chi connectivity index (χ4v) is 4.62. The van der Waals surface area contributed by atoms with Crippen molar-refractivity contribution in [3.8, 4) is 0 Å². The van der Waals surface area contributed by atoms with E-state index in [0.717, 1.165) is 10.5 Å². The lowest BCUT2D eigenvalue weighted by Crippen LogP contribution is -2.52. The zero-order chi connectivity index (χ0) is 33.3. The minimum absolute atomic E-state index is 0.00318. The van der Waals surface area contributed by atoms with E-state index in [1.165, 1.54) is 12.2 Å². The zero-order valence-corrected chi connectivity index (χ0v) is 25.5. The lowest BCUT2D eigenvalue weighted by Gasteiger charge is -2.26. The molecule has 0 bridgehead atoms. The fourth-order valence-electron chi connectivity index (χ4n) is 4.62. The van der Waals surface area contributed by atoms with Crippen molar-refractivity contribution in [1.29, 1.82) is 0 Å². The van der Waals surface area contributed by atoms with Gasteiger partial charge in [-0.25, -0.2) is 0 Å². The molecule has 0 aliphatic carbocycles. The van der Waals surface area contributed by atoms with Gasteiger partial charge >= 0.3 is 5.97 Å². The number of carboxylic acids is 1. The second-order valence-corrected chi connectivity index (χ2v) is 10.5. The van der Waals surface area contributed by atoms with Crippen LogP contribution < -0.4 is 16.0 Å². The number of ether oxygens (including phenoxy) is 2. The average Bonchev–Trinajstić information content (AvgIpc) is 3.35. The number of hydrogen-bond acceptors (Lipinski definition) is 10. The summed E-state index contributed by atoms with van der Waals surface area (Å²) in [4.78, 5) is 89.2. The summed E-state index contributed by atoms with van der Waals surface area (Å²) in [5.41, 5.74) is 0.757. The van der Waals surface area contributed by atoms with Crippen molar-refractivity contribution in [2.45, 2.75) is 18.9 Å². The van der Waals surface area contributed by atoms with E-state index in [9.17, 15) is 33.6 Å². The van der Waals surface area contributed by atoms with Crippen molar-refractivity contribution in [3.05, 3.63) is 48.0 Å². The van der Waals surface area contributed by atoms with Crippen molar-refractivity contribution in [2.24, 2.45) is 0 Å². The van der Waals surface area contributed by atoms with E-state index in [0.29, 0.717) is 13.1 Å². The van der Waals surface area contributed by atoms with Gasteiger partial charge in [0.15, 0.2) is 0 Å². The average molecular weight is 645 g/mol. The summed E-state index contributed by atoms with van der Waals surface area (Å²) in [5.74, 6) is -4.04. The molecule has 2 heterocycles. The van der Waals surface area contributed by atoms with Crippen LogP contribution in [0.15, 0.2) is 42.5 Å². The highest BCUT2D eigenvalue weighted by Crippen LogP contribution is 2.07. The maximum Gasteiger partial charge on any atom is 0.322 e. The Balaban J connectivity index is 1.40. The number of hydrogen-bond donors (Lipinski definition) is 4. The van der Waals surface area contributed by atoms with Gasteiger partial charge in [-0.15, -0.1) is 0 Å². The first-order valence-corrected chi connectivity index (χ1v) is 14.9. The largest absolute Gasteiger partial charge is 0.480 e. The summed E-state index contributed by atoms with van der Waals surface area (Å²) in [6.45, 7) is 1.31. The molecule has 1 aromatic rings. The molecule has 1 saturated heterocycles. The summed E-state index contributed by atoms with van der Waals surface area (Å²) >= 11 is 0. The number of nitrogens with zero attached hydrogens (tertiary/aromatic N) is 3. The van der Waals surface area contributed by atoms with Crippen molar-refractivity contribution in [2.75, 3.05) is 78.8 Å². The molecule has 0 saturated carbocycles. The van der Waals surface area contributed by atoms with E-state index in [1.54, 1.807) is 40.1 Å². The van der Waals surface area contributed by atoms with Gasteiger partial charge in [0.25, 0.3) is 11.8 Å². The Kier molecular flexibility index (Phi) is 14.8. The normalized spacial score (nSPS) is 17.0. The van der Waals surface area contributed by atoms with Crippen molar-refractivity contribution in [1.82, 2.24) is 30.7 Å². The Labute approximate surface area is 266 Å². The molecule has 0 radical (unpaired) electrons. The number of amides is 6. The number of carbonyl (C=O) groups excluding carboxylic acids is 6. The van der Waals surface area contributed by atoms with Crippen LogP contribution in [0.2, 0.25) is 0 Å². The van der Waals surface area contributed by atoms with Gasteiger partial charge in [0.1, 0.15) is 12.6 Å². The van der Waals surface area contributed by atoms with Crippen LogP contribution in [0.4, 0.5) is 0 Å². The number of aliphatic carboxylic acids is 1. The summed E-state index contributed by atoms with van der Waals surface area (Å²) in [7, 11) is 0. The van der Waals surface area contributed by atoms with Gasteiger partial charge in [-0.1, -0.05) is 30.3 Å². The van der Waals surface area contributed by atoms with Crippen LogP contribution in [0, 0.1) is 0 Å². The monoisotopic (exact) mass is 644 g/mol. The van der Waals surface area contributed by atoms with Crippen molar-refractivity contribution in [3.63, 3.8) is 0 Å². The Morgan fingerprint density at radius 3 is 2.02 bits per heavy atom. The quantitative estimate of drug-likeness (QED) is 0.166. The number of benzene rings is 1. The number of carboxylic acid groups (broad SMARTS) is 1. The first-order chi connectivity index (χ1) is 22.1. The summed E-state index contributed by atoms with van der Waals surface area (Å²) < 4.78 is 11.4. The van der Waals surface area contributed by atoms with Gasteiger partial charge in [0, 0.05) is 57.7 Å². The molecule has 4 N–H and O–H groups in total. The number of rotatable bonds is 13. The molecule has 3 rings (SSSR count). The van der Waals surface area contributed by atoms with Crippen LogP contribution in [0.25, 0.3) is 0 Å². The van der Waals surface area contributed by atoms with Crippen LogP contribution in [0.3, 0.4) is 0 Å². The summed E-state index contributed by atoms with van der Waals surface area (Å²) in [6.07, 6.45) is 2.47. The maximum absolute atomic E-state index is 12.7. The molecule has 1 aromatic carbocycles. The van der Waals surface area contributed by atoms with Crippen LogP contribution >= 0.6 is 0 Å². The fraction of sp³-hybridized carbons (Fsp3) is 0.500. The lowest BCUT2D eigenvalue weighted by atomic mass is 10.1. The molecule has 16 nitrogen and oxygen atoms in total. The van der Waals surface area contributed by atoms with E-state index >= 15 is 0 Å². The van der Waals surface area contributed by atoms with E-state index in [1.807, 2.05) is 0 Å². The number of imide groups is 1. The van der Waals surface area contributed by atoms with E-state index in [2.05, 4.69) is 16.0 Å². The SMILES string of the molecule is O=C(O)CNC(=O)[C@H](Cc1ccccc1)NC(=O)CNC(=O)CN1CCOCCN(C(=O)CCN2C(=O)C=CC2=O)CCOCC1. The smallest absolute Gasteiger partial charge is 0.322 e. The van der Waals surface area contributed by atoms with Gasteiger partial charge in [-0.2, -0.15) is 0 Å². The first-order valence-electron chi connectivity index (χ1n) is 14.9. The van der Waals surface area contributed by atoms with Crippen molar-refractivity contribution < 1.29 is 48.1 Å². The van der Waals surface area contributed by atoms with E-state index in [4.69, 9.17) is 14.6 Å². The van der Waals surface area contributed by atoms with Gasteiger partial charge in [-0.3, -0.25) is 43.4 Å². The van der Waals surface area contributed by atoms with Crippen LogP contribution in [-0.4, -0.2) is 146 Å². The number of carbonyl (C=O) groups is 7. The summed E-state index contributed by atoms with van der Waals surface area (Å²) in [6, 6.07) is 7.86. The topological polar surface area (TPSA) is 204 Å². The zero-order valence-electron chi connectivity index (χ0n) is 25.5. The van der Waals surface area contributed by atoms with Crippen LogP contribution in [0.1, 0.15) is 12.0 Å². The van der Waals surface area contributed by atoms with Crippen LogP contribution in [-0.2, 0) is 49.5 Å². The first kappa shape index (κ1) is 35.8. The Hall–Kier alpha value is -4.67. The predicted molar refractivity (Wildman–Crippen MR) is 161 cm³/mol. The van der Waals surface area contributed by atoms with Crippen LogP contribution in [0.5, 0.6) is 0 Å². The molecule has 1 atom stereocenters. The molecule has 16 heteroatoms. The van der Waals surface area contributed by atoms with Gasteiger partial charge in [-0.05, 0) is 5.56 Å². The molecule has 6 amide bonds. The third kappa shape index (κ3) is 12.7. The Morgan fingerprint density at radius 1 is 0.804 bits per heavy atom. The molecule has 46 heavy (non-hydrogen) atoms. The lowest BCUT2D eigenvalue weighted by molar-refractivity contribution is -0.139. The van der Waals surface area contributed by atoms with Gasteiger partial charge < -0.3 is 35.4 Å². The van der Waals surface area contributed by atoms with Gasteiger partial charge in [0.2, 0.25) is 23.6 Å². The molecule has 0 aromatic heterocycles. The van der Waals surface area contributed by atoms with Gasteiger partial charge in [0.05, 0.1) is 39.5 Å². The third-order valence-electron chi connectivity index (χ3n) is 7.08. The molecule has 2 aliphatic heterocycles. The maximum atomic E-state index is 12.7. The Morgan fingerprint density at radius 2 is 1.41 bits per heavy atom. The molecular formula is C30H40N6O10. The standard InChI is InChI=1S/C30H40N6O10/c37-24(33-23(30(44)32-20-29(42)43)18-22-4-2-1-3-5-22)19-31-25(38)21-34-10-14-45-16-12-35(13-17-46-15-11-34)26(39)8-9-36-27(40)6-7-28(36)41/h1-7,23H,8-21H2,(H,31,38)(H,32,44)(H,33,37)(H,42,43)/t23-/m0/s1. The highest BCUT2D eigenvalue weighted by Gasteiger charge is 2.25. The second kappa shape index (κ2) is 19.0. The molecule has 250 valence electrons. The molecule has 0 spiro atoms. The minimum atomic E-state index is -1.22. The minimum Gasteiger partial charge on any atom is -0.480 e. The molecule has 2 aliphatic rings. The molecular weight excluding hydrogens is 604 g/mol. The molecule has 0 unspecified atom stereocenters. The van der Waals surface area contributed by atoms with E-state index in [-0.39, 0.29) is 71.4 Å². The number of nitrogens with one attached hydrogen (secondary N) is 3. The van der Waals surface area contributed by atoms with Crippen molar-refractivity contribution >= 4 is 41.4 Å². The summed E-state index contributed by atoms with van der Waals surface area (Å²) in [5, 5.41) is 16.2. The second-order valence-electron chi connectivity index (χ2n) is 10.5. The van der Waals surface area contributed by atoms with E-state index < -0.39 is 54.6 Å².